The maximum atomic E-state index is 12.1. The van der Waals surface area contributed by atoms with Crippen molar-refractivity contribution in [3.8, 4) is 11.4 Å². The van der Waals surface area contributed by atoms with Crippen LogP contribution in [0.4, 0.5) is 11.4 Å². The fourth-order valence-electron chi connectivity index (χ4n) is 2.29. The molecule has 3 aromatic rings. The van der Waals surface area contributed by atoms with Crippen molar-refractivity contribution in [3.63, 3.8) is 0 Å². The van der Waals surface area contributed by atoms with Gasteiger partial charge in [-0.3, -0.25) is 14.5 Å². The van der Waals surface area contributed by atoms with Crippen LogP contribution in [0.2, 0.25) is 0 Å². The lowest BCUT2D eigenvalue weighted by molar-refractivity contribution is -0.116. The Balaban J connectivity index is 1.56. The number of carbonyl (C=O) groups is 1. The Morgan fingerprint density at radius 2 is 2.00 bits per heavy atom. The highest BCUT2D eigenvalue weighted by atomic mass is 32.2. The molecule has 0 atom stereocenters. The summed E-state index contributed by atoms with van der Waals surface area (Å²) < 4.78 is 30.0. The highest BCUT2D eigenvalue weighted by molar-refractivity contribution is 7.92. The quantitative estimate of drug-likeness (QED) is 0.635. The first-order chi connectivity index (χ1) is 12.9. The first kappa shape index (κ1) is 18.5. The molecule has 10 heteroatoms. The molecule has 0 aliphatic heterocycles. The molecule has 0 aliphatic rings. The first-order valence-corrected chi connectivity index (χ1v) is 9.89. The molecule has 0 spiro atoms. The summed E-state index contributed by atoms with van der Waals surface area (Å²) in [5.41, 5.74) is 1.58. The van der Waals surface area contributed by atoms with Crippen LogP contribution < -0.4 is 10.0 Å². The molecule has 1 aromatic carbocycles. The van der Waals surface area contributed by atoms with Gasteiger partial charge in [0.05, 0.1) is 11.9 Å². The molecule has 0 fully saturated rings. The lowest BCUT2D eigenvalue weighted by atomic mass is 10.2. The van der Waals surface area contributed by atoms with E-state index in [0.29, 0.717) is 23.1 Å². The van der Waals surface area contributed by atoms with Gasteiger partial charge < -0.3 is 9.84 Å². The van der Waals surface area contributed by atoms with Crippen molar-refractivity contribution in [1.82, 2.24) is 15.1 Å². The van der Waals surface area contributed by atoms with Crippen molar-refractivity contribution in [2.24, 2.45) is 0 Å². The SMILES string of the molecule is CS(=O)(=O)Nc1cccc(NC(=O)CCc2nc(-c3cccnc3)no2)c1. The topological polar surface area (TPSA) is 127 Å². The average molecular weight is 387 g/mol. The van der Waals surface area contributed by atoms with E-state index in [1.54, 1.807) is 36.7 Å². The summed E-state index contributed by atoms with van der Waals surface area (Å²) in [7, 11) is -3.38. The Hall–Kier alpha value is -3.27. The van der Waals surface area contributed by atoms with Crippen LogP contribution in [-0.4, -0.2) is 35.7 Å². The van der Waals surface area contributed by atoms with Gasteiger partial charge in [-0.15, -0.1) is 0 Å². The summed E-state index contributed by atoms with van der Waals surface area (Å²) in [4.78, 5) is 20.3. The van der Waals surface area contributed by atoms with Crippen molar-refractivity contribution in [1.29, 1.82) is 0 Å². The Kier molecular flexibility index (Phi) is 5.46. The van der Waals surface area contributed by atoms with Crippen molar-refractivity contribution in [2.75, 3.05) is 16.3 Å². The molecule has 0 radical (unpaired) electrons. The normalized spacial score (nSPS) is 11.1. The van der Waals surface area contributed by atoms with Crippen LogP contribution in [-0.2, 0) is 21.2 Å². The van der Waals surface area contributed by atoms with Crippen LogP contribution in [0.1, 0.15) is 12.3 Å². The Labute approximate surface area is 155 Å². The maximum absolute atomic E-state index is 12.1. The molecule has 2 heterocycles. The van der Waals surface area contributed by atoms with Crippen LogP contribution in [0.15, 0.2) is 53.3 Å². The molecular formula is C17H17N5O4S. The summed E-state index contributed by atoms with van der Waals surface area (Å²) in [6, 6.07) is 10.0. The second-order valence-corrected chi connectivity index (χ2v) is 7.51. The van der Waals surface area contributed by atoms with E-state index >= 15 is 0 Å². The molecule has 1 amide bonds. The number of rotatable bonds is 7. The van der Waals surface area contributed by atoms with Crippen LogP contribution in [0.25, 0.3) is 11.4 Å². The van der Waals surface area contributed by atoms with Gasteiger partial charge in [-0.05, 0) is 30.3 Å². The van der Waals surface area contributed by atoms with Gasteiger partial charge in [-0.2, -0.15) is 4.98 Å². The maximum Gasteiger partial charge on any atom is 0.229 e. The smallest absolute Gasteiger partial charge is 0.229 e. The molecule has 9 nitrogen and oxygen atoms in total. The van der Waals surface area contributed by atoms with E-state index < -0.39 is 10.0 Å². The molecule has 0 saturated heterocycles. The third kappa shape index (κ3) is 5.61. The minimum absolute atomic E-state index is 0.137. The molecule has 2 N–H and O–H groups in total. The number of carbonyl (C=O) groups excluding carboxylic acids is 1. The van der Waals surface area contributed by atoms with Gasteiger partial charge in [0.2, 0.25) is 27.6 Å². The number of nitrogens with zero attached hydrogens (tertiary/aromatic N) is 3. The van der Waals surface area contributed by atoms with E-state index in [-0.39, 0.29) is 18.7 Å². The number of amides is 1. The van der Waals surface area contributed by atoms with E-state index in [2.05, 4.69) is 25.2 Å². The third-order valence-electron chi connectivity index (χ3n) is 3.40. The van der Waals surface area contributed by atoms with Gasteiger partial charge in [0.15, 0.2) is 0 Å². The van der Waals surface area contributed by atoms with Crippen LogP contribution in [0.3, 0.4) is 0 Å². The zero-order valence-electron chi connectivity index (χ0n) is 14.4. The molecule has 27 heavy (non-hydrogen) atoms. The van der Waals surface area contributed by atoms with Crippen LogP contribution >= 0.6 is 0 Å². The molecule has 0 aliphatic carbocycles. The molecule has 0 saturated carbocycles. The Bertz CT molecular complexity index is 1030. The number of aryl methyl sites for hydroxylation is 1. The Morgan fingerprint density at radius 3 is 2.74 bits per heavy atom. The van der Waals surface area contributed by atoms with Crippen molar-refractivity contribution < 1.29 is 17.7 Å². The van der Waals surface area contributed by atoms with Crippen molar-refractivity contribution in [2.45, 2.75) is 12.8 Å². The molecular weight excluding hydrogens is 370 g/mol. The van der Waals surface area contributed by atoms with Gasteiger partial charge >= 0.3 is 0 Å². The van der Waals surface area contributed by atoms with E-state index in [9.17, 15) is 13.2 Å². The van der Waals surface area contributed by atoms with E-state index in [4.69, 9.17) is 4.52 Å². The minimum atomic E-state index is -3.38. The molecule has 140 valence electrons. The lowest BCUT2D eigenvalue weighted by Crippen LogP contribution is -2.13. The summed E-state index contributed by atoms with van der Waals surface area (Å²) in [6.07, 6.45) is 4.75. The standard InChI is InChI=1S/C17H17N5O4S/c1-27(24,25)22-14-6-2-5-13(10-14)19-15(23)7-8-16-20-17(21-26-16)12-4-3-9-18-11-12/h2-6,9-11,22H,7-8H2,1H3,(H,19,23). The van der Waals surface area contributed by atoms with Gasteiger partial charge in [0, 0.05) is 36.5 Å². The molecule has 0 bridgehead atoms. The minimum Gasteiger partial charge on any atom is -0.339 e. The number of aromatic nitrogens is 3. The zero-order chi connectivity index (χ0) is 19.3. The first-order valence-electron chi connectivity index (χ1n) is 8.00. The number of pyridine rings is 1. The average Bonchev–Trinajstić information content (AvgIpc) is 3.09. The summed E-state index contributed by atoms with van der Waals surface area (Å²) in [5, 5.41) is 6.57. The molecule has 2 aromatic heterocycles. The zero-order valence-corrected chi connectivity index (χ0v) is 15.2. The van der Waals surface area contributed by atoms with Gasteiger partial charge in [-0.25, -0.2) is 8.42 Å². The van der Waals surface area contributed by atoms with Gasteiger partial charge in [0.1, 0.15) is 0 Å². The fraction of sp³-hybridized carbons (Fsp3) is 0.176. The highest BCUT2D eigenvalue weighted by Crippen LogP contribution is 2.17. The molecule has 0 unspecified atom stereocenters. The number of anilines is 2. The predicted molar refractivity (Wildman–Crippen MR) is 99.4 cm³/mol. The summed E-state index contributed by atoms with van der Waals surface area (Å²) in [6.45, 7) is 0. The summed E-state index contributed by atoms with van der Waals surface area (Å²) >= 11 is 0. The highest BCUT2D eigenvalue weighted by Gasteiger charge is 2.11. The van der Waals surface area contributed by atoms with E-state index in [0.717, 1.165) is 11.8 Å². The van der Waals surface area contributed by atoms with E-state index in [1.807, 2.05) is 6.07 Å². The second-order valence-electron chi connectivity index (χ2n) is 5.76. The second kappa shape index (κ2) is 7.96. The van der Waals surface area contributed by atoms with Crippen molar-refractivity contribution >= 4 is 27.3 Å². The third-order valence-corrected chi connectivity index (χ3v) is 4.01. The number of benzene rings is 1. The Morgan fingerprint density at radius 1 is 1.19 bits per heavy atom. The number of nitrogens with one attached hydrogen (secondary N) is 2. The van der Waals surface area contributed by atoms with Gasteiger partial charge in [0.25, 0.3) is 0 Å². The number of sulfonamides is 1. The lowest BCUT2D eigenvalue weighted by Gasteiger charge is -2.08. The van der Waals surface area contributed by atoms with Crippen LogP contribution in [0, 0.1) is 0 Å². The fourth-order valence-corrected chi connectivity index (χ4v) is 2.84. The van der Waals surface area contributed by atoms with E-state index in [1.165, 1.54) is 6.07 Å². The largest absolute Gasteiger partial charge is 0.339 e. The predicted octanol–water partition coefficient (Wildman–Crippen LogP) is 2.07. The van der Waals surface area contributed by atoms with Crippen molar-refractivity contribution in [3.05, 3.63) is 54.7 Å². The number of hydrogen-bond donors (Lipinski definition) is 2. The summed E-state index contributed by atoms with van der Waals surface area (Å²) in [5.74, 6) is 0.502. The van der Waals surface area contributed by atoms with Gasteiger partial charge in [-0.1, -0.05) is 11.2 Å². The number of hydrogen-bond acceptors (Lipinski definition) is 7. The monoisotopic (exact) mass is 387 g/mol. The van der Waals surface area contributed by atoms with Crippen LogP contribution in [0.5, 0.6) is 0 Å². The molecule has 3 rings (SSSR count).